The second-order valence-electron chi connectivity index (χ2n) is 8.44. The van der Waals surface area contributed by atoms with Crippen LogP contribution in [0.4, 0.5) is 4.79 Å². The Morgan fingerprint density at radius 3 is 2.50 bits per heavy atom. The summed E-state index contributed by atoms with van der Waals surface area (Å²) in [6, 6.07) is 7.82. The van der Waals surface area contributed by atoms with Crippen molar-refractivity contribution < 1.29 is 33.8 Å². The van der Waals surface area contributed by atoms with E-state index >= 15 is 0 Å². The molecule has 0 saturated carbocycles. The minimum atomic E-state index is -1.13. The molecule has 2 aromatic rings. The maximum absolute atomic E-state index is 12.6. The Hall–Kier alpha value is -4.49. The molecule has 1 heterocycles. The van der Waals surface area contributed by atoms with Gasteiger partial charge in [0, 0.05) is 19.4 Å². The topological polar surface area (TPSA) is 208 Å². The Morgan fingerprint density at radius 1 is 1.03 bits per heavy atom. The molecule has 0 aliphatic carbocycles. The summed E-state index contributed by atoms with van der Waals surface area (Å²) in [4.78, 5) is 58.6. The highest BCUT2D eigenvalue weighted by Crippen LogP contribution is 2.04. The van der Waals surface area contributed by atoms with Gasteiger partial charge in [0.15, 0.2) is 0 Å². The Balaban J connectivity index is 1.73. The van der Waals surface area contributed by atoms with Crippen molar-refractivity contribution in [1.82, 2.24) is 30.9 Å². The van der Waals surface area contributed by atoms with Crippen molar-refractivity contribution in [3.05, 3.63) is 47.8 Å². The number of benzene rings is 1. The fourth-order valence-electron chi connectivity index (χ4n) is 3.26. The van der Waals surface area contributed by atoms with Crippen molar-refractivity contribution in [2.75, 3.05) is 6.54 Å². The van der Waals surface area contributed by atoms with Crippen molar-refractivity contribution in [2.45, 2.75) is 64.3 Å². The Morgan fingerprint density at radius 2 is 1.79 bits per heavy atom. The lowest BCUT2D eigenvalue weighted by Gasteiger charge is -2.17. The minimum absolute atomic E-state index is 0.00538. The van der Waals surface area contributed by atoms with Crippen LogP contribution in [0.15, 0.2) is 36.5 Å². The van der Waals surface area contributed by atoms with Crippen molar-refractivity contribution in [3.8, 4) is 0 Å². The van der Waals surface area contributed by atoms with E-state index in [0.717, 1.165) is 18.4 Å². The van der Waals surface area contributed by atoms with Crippen LogP contribution in [0.3, 0.4) is 0 Å². The van der Waals surface area contributed by atoms with Gasteiger partial charge in [0.2, 0.25) is 17.7 Å². The molecule has 4 amide bonds. The maximum atomic E-state index is 12.6. The van der Waals surface area contributed by atoms with E-state index in [4.69, 9.17) is 15.6 Å². The summed E-state index contributed by atoms with van der Waals surface area (Å²) in [5, 5.41) is 24.0. The van der Waals surface area contributed by atoms with Crippen LogP contribution < -0.4 is 21.7 Å². The molecule has 6 N–H and O–H groups in total. The number of carbonyl (C=O) groups is 5. The molecule has 206 valence electrons. The van der Waals surface area contributed by atoms with Gasteiger partial charge in [-0.25, -0.2) is 4.79 Å². The highest BCUT2D eigenvalue weighted by molar-refractivity contribution is 5.89. The number of nitrogens with one attached hydrogen (secondary N) is 3. The monoisotopic (exact) mass is 531 g/mol. The smallest absolute Gasteiger partial charge is 0.408 e. The number of rotatable bonds is 17. The third-order valence-corrected chi connectivity index (χ3v) is 5.25. The number of aryl methyl sites for hydroxylation is 1. The standard InChI is InChI=1S/C24H33N7O7/c25-20(32)11-10-19(28-24(37)38-16-17-7-3-1-4-8-17)23(36)27-14-21(33)26-13-18-15-31(30-29-18)12-6-2-5-9-22(34)35/h1,3-4,7-8,15,19H,2,5-6,9-14,16H2,(H2,25,32)(H,26,33)(H,27,36)(H,28,37)(H,34,35)/t19-/m0/s1. The van der Waals surface area contributed by atoms with Crippen LogP contribution >= 0.6 is 0 Å². The second-order valence-corrected chi connectivity index (χ2v) is 8.44. The number of unbranched alkanes of at least 4 members (excludes halogenated alkanes) is 2. The number of nitrogens with zero attached hydrogens (tertiary/aromatic N) is 3. The van der Waals surface area contributed by atoms with E-state index in [1.54, 1.807) is 35.1 Å². The number of hydrogen-bond donors (Lipinski definition) is 5. The minimum Gasteiger partial charge on any atom is -0.481 e. The van der Waals surface area contributed by atoms with Crippen LogP contribution in [0, 0.1) is 0 Å². The third kappa shape index (κ3) is 12.5. The van der Waals surface area contributed by atoms with Gasteiger partial charge in [0.25, 0.3) is 0 Å². The zero-order chi connectivity index (χ0) is 27.8. The zero-order valence-corrected chi connectivity index (χ0v) is 20.9. The van der Waals surface area contributed by atoms with E-state index in [1.807, 2.05) is 6.07 Å². The largest absolute Gasteiger partial charge is 0.481 e. The number of carbonyl (C=O) groups excluding carboxylic acids is 4. The molecule has 14 nitrogen and oxygen atoms in total. The lowest BCUT2D eigenvalue weighted by Crippen LogP contribution is -2.49. The van der Waals surface area contributed by atoms with Gasteiger partial charge in [-0.1, -0.05) is 42.0 Å². The first kappa shape index (κ1) is 29.7. The summed E-state index contributed by atoms with van der Waals surface area (Å²) in [5.74, 6) is -2.64. The van der Waals surface area contributed by atoms with E-state index in [9.17, 15) is 24.0 Å². The van der Waals surface area contributed by atoms with E-state index in [2.05, 4.69) is 26.3 Å². The van der Waals surface area contributed by atoms with Gasteiger partial charge in [-0.3, -0.25) is 23.9 Å². The predicted molar refractivity (Wildman–Crippen MR) is 133 cm³/mol. The molecular weight excluding hydrogens is 498 g/mol. The predicted octanol–water partition coefficient (Wildman–Crippen LogP) is 0.216. The molecule has 14 heteroatoms. The lowest BCUT2D eigenvalue weighted by molar-refractivity contribution is -0.137. The van der Waals surface area contributed by atoms with Gasteiger partial charge in [0.1, 0.15) is 18.3 Å². The van der Waals surface area contributed by atoms with Gasteiger partial charge < -0.3 is 31.5 Å². The van der Waals surface area contributed by atoms with Crippen LogP contribution in [0.25, 0.3) is 0 Å². The Kier molecular flexibility index (Phi) is 12.8. The van der Waals surface area contributed by atoms with Gasteiger partial charge in [0.05, 0.1) is 19.3 Å². The molecule has 1 aromatic heterocycles. The summed E-state index contributed by atoms with van der Waals surface area (Å²) < 4.78 is 6.72. The van der Waals surface area contributed by atoms with Crippen LogP contribution in [0.1, 0.15) is 49.8 Å². The van der Waals surface area contributed by atoms with E-state index in [1.165, 1.54) is 0 Å². The maximum Gasteiger partial charge on any atom is 0.408 e. The Bertz CT molecular complexity index is 1080. The van der Waals surface area contributed by atoms with Crippen LogP contribution in [0.5, 0.6) is 0 Å². The Labute approximate surface area is 219 Å². The molecule has 0 radical (unpaired) electrons. The molecule has 2 rings (SSSR count). The van der Waals surface area contributed by atoms with Crippen molar-refractivity contribution in [2.24, 2.45) is 5.73 Å². The molecule has 0 unspecified atom stereocenters. The lowest BCUT2D eigenvalue weighted by atomic mass is 10.1. The number of alkyl carbamates (subject to hydrolysis) is 1. The third-order valence-electron chi connectivity index (χ3n) is 5.25. The van der Waals surface area contributed by atoms with E-state index in [0.29, 0.717) is 18.7 Å². The molecule has 0 fully saturated rings. The number of amides is 4. The number of aliphatic carboxylic acids is 1. The summed E-state index contributed by atoms with van der Waals surface area (Å²) in [7, 11) is 0. The highest BCUT2D eigenvalue weighted by Gasteiger charge is 2.22. The number of carboxylic acids is 1. The number of nitrogens with two attached hydrogens (primary N) is 1. The quantitative estimate of drug-likeness (QED) is 0.177. The van der Waals surface area contributed by atoms with Gasteiger partial charge in [-0.2, -0.15) is 0 Å². The first-order chi connectivity index (χ1) is 18.2. The molecule has 0 bridgehead atoms. The fraction of sp³-hybridized carbons (Fsp3) is 0.458. The van der Waals surface area contributed by atoms with Gasteiger partial charge in [-0.15, -0.1) is 5.10 Å². The molecular formula is C24H33N7O7. The average molecular weight is 532 g/mol. The summed E-state index contributed by atoms with van der Waals surface area (Å²) in [5.41, 5.74) is 6.43. The molecule has 0 aliphatic rings. The fourth-order valence-corrected chi connectivity index (χ4v) is 3.26. The normalized spacial score (nSPS) is 11.3. The average Bonchev–Trinajstić information content (AvgIpc) is 3.35. The van der Waals surface area contributed by atoms with Crippen molar-refractivity contribution in [3.63, 3.8) is 0 Å². The first-order valence-electron chi connectivity index (χ1n) is 12.1. The van der Waals surface area contributed by atoms with E-state index in [-0.39, 0.29) is 39.0 Å². The number of carboxylic acid groups (broad SMARTS) is 1. The number of hydrogen-bond acceptors (Lipinski definition) is 8. The summed E-state index contributed by atoms with van der Waals surface area (Å²) in [6.07, 6.45) is 2.81. The van der Waals surface area contributed by atoms with Crippen molar-refractivity contribution >= 4 is 29.8 Å². The highest BCUT2D eigenvalue weighted by atomic mass is 16.5. The van der Waals surface area contributed by atoms with Gasteiger partial charge >= 0.3 is 12.1 Å². The molecule has 1 atom stereocenters. The molecule has 38 heavy (non-hydrogen) atoms. The van der Waals surface area contributed by atoms with Crippen LogP contribution in [-0.4, -0.2) is 62.5 Å². The first-order valence-corrected chi connectivity index (χ1v) is 12.1. The van der Waals surface area contributed by atoms with Gasteiger partial charge in [-0.05, 0) is 24.8 Å². The van der Waals surface area contributed by atoms with Crippen LogP contribution in [0.2, 0.25) is 0 Å². The molecule has 0 aliphatic heterocycles. The van der Waals surface area contributed by atoms with E-state index < -0.39 is 35.8 Å². The molecule has 0 saturated heterocycles. The number of ether oxygens (including phenoxy) is 1. The van der Waals surface area contributed by atoms with Crippen LogP contribution in [-0.2, 0) is 43.6 Å². The van der Waals surface area contributed by atoms with Crippen molar-refractivity contribution in [1.29, 1.82) is 0 Å². The molecule has 1 aromatic carbocycles. The zero-order valence-electron chi connectivity index (χ0n) is 20.9. The number of aromatic nitrogens is 3. The number of primary amides is 1. The summed E-state index contributed by atoms with van der Waals surface area (Å²) >= 11 is 0. The summed E-state index contributed by atoms with van der Waals surface area (Å²) in [6.45, 7) is 0.284. The second kappa shape index (κ2) is 16.3. The molecule has 0 spiro atoms. The SMILES string of the molecule is NC(=O)CC[C@H](NC(=O)OCc1ccccc1)C(=O)NCC(=O)NCc1cn(CCCCCC(=O)O)nn1.